The molecule has 1 rings (SSSR count). The highest BCUT2D eigenvalue weighted by atomic mass is 16.5. The summed E-state index contributed by atoms with van der Waals surface area (Å²) in [7, 11) is 0. The second kappa shape index (κ2) is 4.07. The van der Waals surface area contributed by atoms with Crippen LogP contribution >= 0.6 is 0 Å². The van der Waals surface area contributed by atoms with Crippen LogP contribution < -0.4 is 4.74 Å². The lowest BCUT2D eigenvalue weighted by atomic mass is 10.1. The normalized spacial score (nSPS) is 10.2. The molecule has 0 N–H and O–H groups in total. The number of hydrogen-bond acceptors (Lipinski definition) is 2. The lowest BCUT2D eigenvalue weighted by molar-refractivity contribution is 0.171. The van der Waals surface area contributed by atoms with Gasteiger partial charge in [-0.3, -0.25) is 0 Å². The quantitative estimate of drug-likeness (QED) is 0.686. The molecule has 15 heavy (non-hydrogen) atoms. The molecule has 0 saturated heterocycles. The molecule has 0 aliphatic rings. The molecule has 0 aliphatic carbocycles. The number of benzene rings is 1. The van der Waals surface area contributed by atoms with Crippen molar-refractivity contribution in [3.63, 3.8) is 0 Å². The molecule has 0 heterocycles. The number of nitriles is 1. The van der Waals surface area contributed by atoms with Gasteiger partial charge in [-0.25, -0.2) is 0 Å². The molecule has 2 nitrogen and oxygen atoms in total. The lowest BCUT2D eigenvalue weighted by Gasteiger charge is -2.22. The SMILES string of the molecule is C#CC(C)(C)Oc1c(C)cccc1C#N. The monoisotopic (exact) mass is 199 g/mol. The Kier molecular flexibility index (Phi) is 3.02. The molecule has 0 atom stereocenters. The molecule has 1 aromatic rings. The highest BCUT2D eigenvalue weighted by Gasteiger charge is 2.18. The summed E-state index contributed by atoms with van der Waals surface area (Å²) in [4.78, 5) is 0. The van der Waals surface area contributed by atoms with E-state index in [-0.39, 0.29) is 0 Å². The fourth-order valence-corrected chi connectivity index (χ4v) is 1.16. The first-order valence-corrected chi connectivity index (χ1v) is 4.66. The minimum Gasteiger partial charge on any atom is -0.474 e. The van der Waals surface area contributed by atoms with Gasteiger partial charge in [0.15, 0.2) is 5.60 Å². The molecule has 0 saturated carbocycles. The Morgan fingerprint density at radius 1 is 1.40 bits per heavy atom. The third-order valence-corrected chi connectivity index (χ3v) is 2.04. The first-order valence-electron chi connectivity index (χ1n) is 4.66. The van der Waals surface area contributed by atoms with E-state index in [1.54, 1.807) is 19.9 Å². The Bertz CT molecular complexity index is 447. The Morgan fingerprint density at radius 2 is 2.07 bits per heavy atom. The number of terminal acetylenes is 1. The van der Waals surface area contributed by atoms with Crippen LogP contribution in [0.5, 0.6) is 5.75 Å². The molecule has 0 radical (unpaired) electrons. The van der Waals surface area contributed by atoms with Crippen molar-refractivity contribution in [3.05, 3.63) is 29.3 Å². The third-order valence-electron chi connectivity index (χ3n) is 2.04. The number of hydrogen-bond donors (Lipinski definition) is 0. The van der Waals surface area contributed by atoms with Crippen LogP contribution in [0.2, 0.25) is 0 Å². The van der Waals surface area contributed by atoms with Gasteiger partial charge in [0, 0.05) is 0 Å². The molecule has 0 spiro atoms. The summed E-state index contributed by atoms with van der Waals surface area (Å²) in [6, 6.07) is 7.52. The van der Waals surface area contributed by atoms with Gasteiger partial charge in [-0.15, -0.1) is 6.42 Å². The van der Waals surface area contributed by atoms with Crippen LogP contribution in [-0.2, 0) is 0 Å². The van der Waals surface area contributed by atoms with Gasteiger partial charge in [-0.05, 0) is 32.4 Å². The van der Waals surface area contributed by atoms with Crippen LogP contribution in [0.1, 0.15) is 25.0 Å². The maximum absolute atomic E-state index is 8.93. The van der Waals surface area contributed by atoms with E-state index in [1.807, 2.05) is 19.1 Å². The molecule has 0 aliphatic heterocycles. The van der Waals surface area contributed by atoms with Gasteiger partial charge in [0.1, 0.15) is 11.8 Å². The zero-order valence-electron chi connectivity index (χ0n) is 9.16. The first-order chi connectivity index (χ1) is 7.00. The highest BCUT2D eigenvalue weighted by molar-refractivity contribution is 5.48. The predicted octanol–water partition coefficient (Wildman–Crippen LogP) is 2.66. The van der Waals surface area contributed by atoms with Crippen molar-refractivity contribution in [1.82, 2.24) is 0 Å². The summed E-state index contributed by atoms with van der Waals surface area (Å²) < 4.78 is 5.65. The summed E-state index contributed by atoms with van der Waals surface area (Å²) in [6.07, 6.45) is 5.34. The van der Waals surface area contributed by atoms with Crippen molar-refractivity contribution in [2.24, 2.45) is 0 Å². The molecular weight excluding hydrogens is 186 g/mol. The van der Waals surface area contributed by atoms with E-state index in [0.29, 0.717) is 11.3 Å². The lowest BCUT2D eigenvalue weighted by Crippen LogP contribution is -2.26. The first kappa shape index (κ1) is 11.1. The number of ether oxygens (including phenoxy) is 1. The minimum atomic E-state index is -0.697. The molecular formula is C13H13NO. The number of aryl methyl sites for hydroxylation is 1. The maximum Gasteiger partial charge on any atom is 0.163 e. The zero-order valence-corrected chi connectivity index (χ0v) is 9.16. The molecule has 0 unspecified atom stereocenters. The van der Waals surface area contributed by atoms with Crippen LogP contribution in [0.15, 0.2) is 18.2 Å². The molecule has 1 aromatic carbocycles. The van der Waals surface area contributed by atoms with E-state index in [2.05, 4.69) is 12.0 Å². The van der Waals surface area contributed by atoms with Crippen molar-refractivity contribution in [2.45, 2.75) is 26.4 Å². The summed E-state index contributed by atoms with van der Waals surface area (Å²) in [5, 5.41) is 8.93. The van der Waals surface area contributed by atoms with Gasteiger partial charge in [-0.1, -0.05) is 18.1 Å². The largest absolute Gasteiger partial charge is 0.474 e. The van der Waals surface area contributed by atoms with Crippen LogP contribution in [0.3, 0.4) is 0 Å². The predicted molar refractivity (Wildman–Crippen MR) is 59.4 cm³/mol. The van der Waals surface area contributed by atoms with Crippen LogP contribution in [0, 0.1) is 30.6 Å². The molecule has 2 heteroatoms. The number of rotatable bonds is 2. The van der Waals surface area contributed by atoms with Crippen molar-refractivity contribution >= 4 is 0 Å². The number of para-hydroxylation sites is 1. The maximum atomic E-state index is 8.93. The summed E-state index contributed by atoms with van der Waals surface area (Å²) >= 11 is 0. The van der Waals surface area contributed by atoms with Gasteiger partial charge in [0.25, 0.3) is 0 Å². The van der Waals surface area contributed by atoms with E-state index in [0.717, 1.165) is 5.56 Å². The van der Waals surface area contributed by atoms with Gasteiger partial charge in [0.05, 0.1) is 5.56 Å². The second-order valence-corrected chi connectivity index (χ2v) is 3.82. The molecule has 0 amide bonds. The second-order valence-electron chi connectivity index (χ2n) is 3.82. The summed E-state index contributed by atoms with van der Waals surface area (Å²) in [6.45, 7) is 5.48. The fourth-order valence-electron chi connectivity index (χ4n) is 1.16. The van der Waals surface area contributed by atoms with E-state index < -0.39 is 5.60 Å². The molecule has 0 fully saturated rings. The highest BCUT2D eigenvalue weighted by Crippen LogP contribution is 2.26. The van der Waals surface area contributed by atoms with Crippen molar-refractivity contribution < 1.29 is 4.74 Å². The summed E-state index contributed by atoms with van der Waals surface area (Å²) in [5.41, 5.74) is 0.730. The van der Waals surface area contributed by atoms with E-state index in [4.69, 9.17) is 16.4 Å². The average Bonchev–Trinajstić information content (AvgIpc) is 2.21. The van der Waals surface area contributed by atoms with Gasteiger partial charge in [0.2, 0.25) is 0 Å². The Balaban J connectivity index is 3.16. The van der Waals surface area contributed by atoms with Crippen molar-refractivity contribution in [2.75, 3.05) is 0 Å². The molecule has 0 bridgehead atoms. The van der Waals surface area contributed by atoms with Crippen LogP contribution in [0.25, 0.3) is 0 Å². The van der Waals surface area contributed by atoms with Crippen molar-refractivity contribution in [1.29, 1.82) is 5.26 Å². The van der Waals surface area contributed by atoms with Crippen molar-refractivity contribution in [3.8, 4) is 24.2 Å². The smallest absolute Gasteiger partial charge is 0.163 e. The fraction of sp³-hybridized carbons (Fsp3) is 0.308. The number of nitrogens with zero attached hydrogens (tertiary/aromatic N) is 1. The van der Waals surface area contributed by atoms with Gasteiger partial charge >= 0.3 is 0 Å². The van der Waals surface area contributed by atoms with E-state index >= 15 is 0 Å². The van der Waals surface area contributed by atoms with E-state index in [9.17, 15) is 0 Å². The van der Waals surface area contributed by atoms with Crippen LogP contribution in [-0.4, -0.2) is 5.60 Å². The minimum absolute atomic E-state index is 0.512. The van der Waals surface area contributed by atoms with E-state index in [1.165, 1.54) is 0 Å². The summed E-state index contributed by atoms with van der Waals surface area (Å²) in [5.74, 6) is 3.11. The van der Waals surface area contributed by atoms with Gasteiger partial charge < -0.3 is 4.74 Å². The zero-order chi connectivity index (χ0) is 11.5. The standard InChI is InChI=1S/C13H13NO/c1-5-13(3,4)15-12-10(2)7-6-8-11(12)9-14/h1,6-8H,2-4H3. The van der Waals surface area contributed by atoms with Crippen LogP contribution in [0.4, 0.5) is 0 Å². The Hall–Kier alpha value is -1.93. The Labute approximate surface area is 90.5 Å². The van der Waals surface area contributed by atoms with Gasteiger partial charge in [-0.2, -0.15) is 5.26 Å². The third kappa shape index (κ3) is 2.51. The Morgan fingerprint density at radius 3 is 2.60 bits per heavy atom. The molecule has 0 aromatic heterocycles. The molecule has 76 valence electrons. The topological polar surface area (TPSA) is 33.0 Å². The average molecular weight is 199 g/mol.